The third kappa shape index (κ3) is 4.04. The first kappa shape index (κ1) is 15.5. The van der Waals surface area contributed by atoms with Gasteiger partial charge in [0, 0.05) is 21.5 Å². The van der Waals surface area contributed by atoms with Gasteiger partial charge in [0.15, 0.2) is 0 Å². The van der Waals surface area contributed by atoms with Crippen molar-refractivity contribution in [3.8, 4) is 5.75 Å². The predicted molar refractivity (Wildman–Crippen MR) is 87.2 cm³/mol. The summed E-state index contributed by atoms with van der Waals surface area (Å²) in [6.07, 6.45) is 2.15. The van der Waals surface area contributed by atoms with E-state index in [0.29, 0.717) is 6.61 Å². The second-order valence-electron chi connectivity index (χ2n) is 4.74. The zero-order valence-corrected chi connectivity index (χ0v) is 14.1. The highest BCUT2D eigenvalue weighted by Gasteiger charge is 2.10. The first-order chi connectivity index (χ1) is 9.60. The third-order valence-corrected chi connectivity index (χ3v) is 4.36. The van der Waals surface area contributed by atoms with Gasteiger partial charge < -0.3 is 10.5 Å². The number of thiazole rings is 1. The van der Waals surface area contributed by atoms with E-state index in [0.717, 1.165) is 34.3 Å². The van der Waals surface area contributed by atoms with E-state index in [1.54, 1.807) is 11.3 Å². The molecule has 0 aliphatic heterocycles. The van der Waals surface area contributed by atoms with Gasteiger partial charge in [-0.05, 0) is 31.9 Å². The highest BCUT2D eigenvalue weighted by Crippen LogP contribution is 2.28. The Kier molecular flexibility index (Phi) is 5.57. The van der Waals surface area contributed by atoms with Crippen LogP contribution >= 0.6 is 27.3 Å². The van der Waals surface area contributed by atoms with Crippen LogP contribution in [0.5, 0.6) is 5.75 Å². The second-order valence-corrected chi connectivity index (χ2v) is 6.60. The molecule has 2 N–H and O–H groups in total. The SMILES string of the molecule is CCCc1nc(COc2cc(Br)ccc2[C@@H](C)N)cs1. The standard InChI is InChI=1S/C15H19BrN2OS/c1-3-4-15-18-12(9-20-15)8-19-14-7-11(16)5-6-13(14)10(2)17/h5-7,9-10H,3-4,8,17H2,1-2H3/t10-/m1/s1. The predicted octanol–water partition coefficient (Wildman–Crippen LogP) is 4.46. The van der Waals surface area contributed by atoms with E-state index in [-0.39, 0.29) is 6.04 Å². The quantitative estimate of drug-likeness (QED) is 0.832. The average molecular weight is 355 g/mol. The largest absolute Gasteiger partial charge is 0.487 e. The number of nitrogens with two attached hydrogens (primary N) is 1. The number of hydrogen-bond acceptors (Lipinski definition) is 4. The first-order valence-electron chi connectivity index (χ1n) is 6.71. The Morgan fingerprint density at radius 3 is 2.95 bits per heavy atom. The molecule has 5 heteroatoms. The van der Waals surface area contributed by atoms with E-state index in [1.165, 1.54) is 5.01 Å². The van der Waals surface area contributed by atoms with E-state index in [4.69, 9.17) is 10.5 Å². The minimum absolute atomic E-state index is 0.0517. The summed E-state index contributed by atoms with van der Waals surface area (Å²) >= 11 is 5.16. The van der Waals surface area contributed by atoms with Crippen LogP contribution < -0.4 is 10.5 Å². The maximum atomic E-state index is 5.97. The van der Waals surface area contributed by atoms with Gasteiger partial charge >= 0.3 is 0 Å². The maximum Gasteiger partial charge on any atom is 0.131 e. The maximum absolute atomic E-state index is 5.97. The van der Waals surface area contributed by atoms with Crippen LogP contribution in [0, 0.1) is 0 Å². The van der Waals surface area contributed by atoms with Crippen molar-refractivity contribution in [1.29, 1.82) is 0 Å². The van der Waals surface area contributed by atoms with Gasteiger partial charge in [-0.1, -0.05) is 28.9 Å². The summed E-state index contributed by atoms with van der Waals surface area (Å²) < 4.78 is 6.88. The molecule has 1 atom stereocenters. The van der Waals surface area contributed by atoms with Crippen LogP contribution in [0.2, 0.25) is 0 Å². The number of nitrogens with zero attached hydrogens (tertiary/aromatic N) is 1. The van der Waals surface area contributed by atoms with E-state index < -0.39 is 0 Å². The highest BCUT2D eigenvalue weighted by atomic mass is 79.9. The Morgan fingerprint density at radius 1 is 1.45 bits per heavy atom. The summed E-state index contributed by atoms with van der Waals surface area (Å²) in [7, 11) is 0. The van der Waals surface area contributed by atoms with Crippen LogP contribution in [-0.4, -0.2) is 4.98 Å². The van der Waals surface area contributed by atoms with E-state index in [9.17, 15) is 0 Å². The van der Waals surface area contributed by atoms with Crippen molar-refractivity contribution >= 4 is 27.3 Å². The fourth-order valence-electron chi connectivity index (χ4n) is 1.90. The molecule has 0 spiro atoms. The fourth-order valence-corrected chi connectivity index (χ4v) is 3.13. The number of aryl methyl sites for hydroxylation is 1. The molecule has 2 aromatic rings. The third-order valence-electron chi connectivity index (χ3n) is 2.90. The lowest BCUT2D eigenvalue weighted by atomic mass is 10.1. The van der Waals surface area contributed by atoms with E-state index >= 15 is 0 Å². The van der Waals surface area contributed by atoms with Crippen molar-refractivity contribution < 1.29 is 4.74 Å². The van der Waals surface area contributed by atoms with Crippen LogP contribution in [0.4, 0.5) is 0 Å². The van der Waals surface area contributed by atoms with Crippen molar-refractivity contribution in [1.82, 2.24) is 4.98 Å². The topological polar surface area (TPSA) is 48.1 Å². The number of ether oxygens (including phenoxy) is 1. The molecule has 0 fully saturated rings. The average Bonchev–Trinajstić information content (AvgIpc) is 2.84. The van der Waals surface area contributed by atoms with Crippen LogP contribution in [0.25, 0.3) is 0 Å². The number of hydrogen-bond donors (Lipinski definition) is 1. The zero-order valence-electron chi connectivity index (χ0n) is 11.7. The molecule has 0 bridgehead atoms. The lowest BCUT2D eigenvalue weighted by Gasteiger charge is -2.13. The molecule has 0 unspecified atom stereocenters. The summed E-state index contributed by atoms with van der Waals surface area (Å²) in [5.74, 6) is 0.819. The van der Waals surface area contributed by atoms with Gasteiger partial charge in [0.25, 0.3) is 0 Å². The summed E-state index contributed by atoms with van der Waals surface area (Å²) in [5, 5.41) is 3.24. The normalized spacial score (nSPS) is 12.4. The fraction of sp³-hybridized carbons (Fsp3) is 0.400. The molecule has 0 saturated carbocycles. The number of aromatic nitrogens is 1. The zero-order chi connectivity index (χ0) is 14.5. The van der Waals surface area contributed by atoms with Crippen LogP contribution in [0.1, 0.15) is 42.6 Å². The van der Waals surface area contributed by atoms with Gasteiger partial charge in [-0.2, -0.15) is 0 Å². The smallest absolute Gasteiger partial charge is 0.131 e. The molecule has 0 radical (unpaired) electrons. The Hall–Kier alpha value is -0.910. The van der Waals surface area contributed by atoms with Crippen molar-refractivity contribution in [2.45, 2.75) is 39.3 Å². The van der Waals surface area contributed by atoms with Crippen molar-refractivity contribution in [2.75, 3.05) is 0 Å². The van der Waals surface area contributed by atoms with Gasteiger partial charge in [0.05, 0.1) is 10.7 Å². The van der Waals surface area contributed by atoms with Crippen LogP contribution in [0.15, 0.2) is 28.1 Å². The molecule has 0 aliphatic carbocycles. The summed E-state index contributed by atoms with van der Waals surface area (Å²) in [6.45, 7) is 4.60. The Labute approximate surface area is 132 Å². The van der Waals surface area contributed by atoms with Crippen LogP contribution in [-0.2, 0) is 13.0 Å². The number of halogens is 1. The molecule has 2 rings (SSSR count). The molecule has 1 heterocycles. The molecule has 0 saturated heterocycles. The lowest BCUT2D eigenvalue weighted by Crippen LogP contribution is -2.08. The molecule has 108 valence electrons. The number of rotatable bonds is 6. The molecule has 20 heavy (non-hydrogen) atoms. The van der Waals surface area contributed by atoms with Crippen molar-refractivity contribution in [2.24, 2.45) is 5.73 Å². The molecule has 1 aromatic carbocycles. The first-order valence-corrected chi connectivity index (χ1v) is 8.38. The minimum atomic E-state index is -0.0517. The monoisotopic (exact) mass is 354 g/mol. The van der Waals surface area contributed by atoms with Gasteiger partial charge in [-0.15, -0.1) is 11.3 Å². The Bertz CT molecular complexity index is 569. The lowest BCUT2D eigenvalue weighted by molar-refractivity contribution is 0.297. The molecule has 3 nitrogen and oxygen atoms in total. The molecule has 0 amide bonds. The molecular formula is C15H19BrN2OS. The minimum Gasteiger partial charge on any atom is -0.487 e. The van der Waals surface area contributed by atoms with Gasteiger partial charge in [-0.3, -0.25) is 0 Å². The summed E-state index contributed by atoms with van der Waals surface area (Å²) in [5.41, 5.74) is 7.96. The van der Waals surface area contributed by atoms with E-state index in [1.807, 2.05) is 25.1 Å². The van der Waals surface area contributed by atoms with Crippen molar-refractivity contribution in [3.05, 3.63) is 44.3 Å². The van der Waals surface area contributed by atoms with E-state index in [2.05, 4.69) is 33.2 Å². The van der Waals surface area contributed by atoms with Gasteiger partial charge in [-0.25, -0.2) is 4.98 Å². The Balaban J connectivity index is 2.07. The second kappa shape index (κ2) is 7.20. The van der Waals surface area contributed by atoms with Gasteiger partial charge in [0.2, 0.25) is 0 Å². The Morgan fingerprint density at radius 2 is 2.25 bits per heavy atom. The summed E-state index contributed by atoms with van der Waals surface area (Å²) in [6, 6.07) is 5.88. The molecule has 1 aromatic heterocycles. The molecule has 0 aliphatic rings. The van der Waals surface area contributed by atoms with Crippen LogP contribution in [0.3, 0.4) is 0 Å². The summed E-state index contributed by atoms with van der Waals surface area (Å²) in [4.78, 5) is 4.56. The van der Waals surface area contributed by atoms with Gasteiger partial charge in [0.1, 0.15) is 12.4 Å². The highest BCUT2D eigenvalue weighted by molar-refractivity contribution is 9.10. The number of benzene rings is 1. The molecular weight excluding hydrogens is 336 g/mol. The van der Waals surface area contributed by atoms with Crippen molar-refractivity contribution in [3.63, 3.8) is 0 Å².